The molecular formula is C15H21ClN2O. The third-order valence-electron chi connectivity index (χ3n) is 2.66. The molecule has 0 saturated carbocycles. The lowest BCUT2D eigenvalue weighted by molar-refractivity contribution is 0.0806. The molecule has 104 valence electrons. The predicted octanol–water partition coefficient (Wildman–Crippen LogP) is 3.68. The standard InChI is InChI=1S/C15H21ClN2O/c1-10(2)9-18(6)14(19)11-7-12(15(3,4)5)17-13(16)8-11/h7-8H,1,9H2,2-6H3. The summed E-state index contributed by atoms with van der Waals surface area (Å²) in [4.78, 5) is 18.2. The number of halogens is 1. The molecule has 0 aliphatic rings. The average Bonchev–Trinajstić information content (AvgIpc) is 2.25. The highest BCUT2D eigenvalue weighted by Crippen LogP contribution is 2.23. The van der Waals surface area contributed by atoms with Crippen molar-refractivity contribution in [2.45, 2.75) is 33.1 Å². The Balaban J connectivity index is 3.10. The fraction of sp³-hybridized carbons (Fsp3) is 0.467. The number of nitrogens with zero attached hydrogens (tertiary/aromatic N) is 2. The van der Waals surface area contributed by atoms with E-state index in [1.165, 1.54) is 0 Å². The molecule has 0 bridgehead atoms. The summed E-state index contributed by atoms with van der Waals surface area (Å²) in [6.07, 6.45) is 0. The minimum absolute atomic E-state index is 0.0715. The van der Waals surface area contributed by atoms with Crippen molar-refractivity contribution < 1.29 is 4.79 Å². The second kappa shape index (κ2) is 5.74. The highest BCUT2D eigenvalue weighted by Gasteiger charge is 2.20. The van der Waals surface area contributed by atoms with E-state index in [4.69, 9.17) is 11.6 Å². The summed E-state index contributed by atoms with van der Waals surface area (Å²) in [6.45, 7) is 12.4. The summed E-state index contributed by atoms with van der Waals surface area (Å²) in [5, 5.41) is 0.347. The van der Waals surface area contributed by atoms with Crippen LogP contribution in [0.3, 0.4) is 0 Å². The maximum Gasteiger partial charge on any atom is 0.254 e. The van der Waals surface area contributed by atoms with Crippen LogP contribution in [0.15, 0.2) is 24.3 Å². The van der Waals surface area contributed by atoms with Crippen LogP contribution in [0.2, 0.25) is 5.15 Å². The van der Waals surface area contributed by atoms with Crippen LogP contribution in [-0.4, -0.2) is 29.4 Å². The van der Waals surface area contributed by atoms with Gasteiger partial charge in [-0.2, -0.15) is 0 Å². The number of pyridine rings is 1. The molecule has 0 aliphatic carbocycles. The van der Waals surface area contributed by atoms with Crippen molar-refractivity contribution in [1.82, 2.24) is 9.88 Å². The van der Waals surface area contributed by atoms with Gasteiger partial charge >= 0.3 is 0 Å². The number of hydrogen-bond acceptors (Lipinski definition) is 2. The van der Waals surface area contributed by atoms with E-state index in [0.717, 1.165) is 11.3 Å². The first kappa shape index (κ1) is 15.7. The number of amides is 1. The van der Waals surface area contributed by atoms with Gasteiger partial charge in [0.2, 0.25) is 0 Å². The Kier molecular flexibility index (Phi) is 4.75. The average molecular weight is 281 g/mol. The van der Waals surface area contributed by atoms with Crippen LogP contribution in [0, 0.1) is 0 Å². The quantitative estimate of drug-likeness (QED) is 0.625. The maximum absolute atomic E-state index is 12.3. The van der Waals surface area contributed by atoms with Crippen LogP contribution < -0.4 is 0 Å². The Morgan fingerprint density at radius 1 is 1.42 bits per heavy atom. The molecule has 0 fully saturated rings. The first-order valence-electron chi connectivity index (χ1n) is 6.19. The van der Waals surface area contributed by atoms with Crippen molar-refractivity contribution in [2.75, 3.05) is 13.6 Å². The van der Waals surface area contributed by atoms with E-state index in [0.29, 0.717) is 17.3 Å². The molecular weight excluding hydrogens is 260 g/mol. The van der Waals surface area contributed by atoms with Gasteiger partial charge in [-0.15, -0.1) is 0 Å². The summed E-state index contributed by atoms with van der Waals surface area (Å²) in [7, 11) is 1.75. The molecule has 4 heteroatoms. The lowest BCUT2D eigenvalue weighted by atomic mass is 9.91. The number of carbonyl (C=O) groups is 1. The fourth-order valence-corrected chi connectivity index (χ4v) is 1.91. The smallest absolute Gasteiger partial charge is 0.254 e. The van der Waals surface area contributed by atoms with Gasteiger partial charge in [0.1, 0.15) is 5.15 Å². The topological polar surface area (TPSA) is 33.2 Å². The van der Waals surface area contributed by atoms with Crippen LogP contribution in [0.25, 0.3) is 0 Å². The number of carbonyl (C=O) groups excluding carboxylic acids is 1. The van der Waals surface area contributed by atoms with Crippen molar-refractivity contribution in [3.8, 4) is 0 Å². The fourth-order valence-electron chi connectivity index (χ4n) is 1.70. The number of rotatable bonds is 3. The van der Waals surface area contributed by atoms with Gasteiger partial charge in [0.15, 0.2) is 0 Å². The van der Waals surface area contributed by atoms with Gasteiger partial charge in [0.05, 0.1) is 0 Å². The van der Waals surface area contributed by atoms with E-state index < -0.39 is 0 Å². The van der Waals surface area contributed by atoms with Gasteiger partial charge in [-0.1, -0.05) is 44.5 Å². The first-order valence-corrected chi connectivity index (χ1v) is 6.57. The second-order valence-corrected chi connectivity index (χ2v) is 6.32. The predicted molar refractivity (Wildman–Crippen MR) is 79.7 cm³/mol. The van der Waals surface area contributed by atoms with Crippen LogP contribution in [0.1, 0.15) is 43.7 Å². The molecule has 0 saturated heterocycles. The van der Waals surface area contributed by atoms with Crippen LogP contribution in [0.4, 0.5) is 0 Å². The monoisotopic (exact) mass is 280 g/mol. The van der Waals surface area contributed by atoms with Crippen LogP contribution in [0.5, 0.6) is 0 Å². The molecule has 0 aromatic carbocycles. The normalized spacial score (nSPS) is 11.3. The van der Waals surface area contributed by atoms with Crippen molar-refractivity contribution in [3.63, 3.8) is 0 Å². The molecule has 1 aromatic rings. The van der Waals surface area contributed by atoms with E-state index >= 15 is 0 Å². The first-order chi connectivity index (χ1) is 8.61. The Bertz CT molecular complexity index is 503. The molecule has 0 aliphatic heterocycles. The Morgan fingerprint density at radius 2 is 2.00 bits per heavy atom. The molecule has 0 unspecified atom stereocenters. The van der Waals surface area contributed by atoms with Crippen molar-refractivity contribution in [1.29, 1.82) is 0 Å². The van der Waals surface area contributed by atoms with Gasteiger partial charge in [0.25, 0.3) is 5.91 Å². The molecule has 1 aromatic heterocycles. The number of hydrogen-bond donors (Lipinski definition) is 0. The largest absolute Gasteiger partial charge is 0.338 e. The highest BCUT2D eigenvalue weighted by atomic mass is 35.5. The molecule has 0 atom stereocenters. The van der Waals surface area contributed by atoms with Gasteiger partial charge in [-0.3, -0.25) is 4.79 Å². The highest BCUT2D eigenvalue weighted by molar-refractivity contribution is 6.29. The molecule has 1 amide bonds. The lowest BCUT2D eigenvalue weighted by Gasteiger charge is -2.21. The molecule has 0 N–H and O–H groups in total. The molecule has 3 nitrogen and oxygen atoms in total. The lowest BCUT2D eigenvalue weighted by Crippen LogP contribution is -2.28. The van der Waals surface area contributed by atoms with E-state index in [2.05, 4.69) is 11.6 Å². The SMILES string of the molecule is C=C(C)CN(C)C(=O)c1cc(Cl)nc(C(C)(C)C)c1. The zero-order valence-corrected chi connectivity index (χ0v) is 13.0. The van der Waals surface area contributed by atoms with E-state index in [-0.39, 0.29) is 11.3 Å². The molecule has 1 heterocycles. The van der Waals surface area contributed by atoms with Gasteiger partial charge < -0.3 is 4.90 Å². The molecule has 1 rings (SSSR count). The molecule has 19 heavy (non-hydrogen) atoms. The maximum atomic E-state index is 12.3. The third kappa shape index (κ3) is 4.35. The summed E-state index contributed by atoms with van der Waals surface area (Å²) in [5.74, 6) is -0.0715. The van der Waals surface area contributed by atoms with Crippen LogP contribution in [-0.2, 0) is 5.41 Å². The minimum Gasteiger partial charge on any atom is -0.338 e. The zero-order chi connectivity index (χ0) is 14.8. The van der Waals surface area contributed by atoms with Gasteiger partial charge in [-0.05, 0) is 19.1 Å². The van der Waals surface area contributed by atoms with Crippen molar-refractivity contribution in [2.24, 2.45) is 0 Å². The van der Waals surface area contributed by atoms with Gasteiger partial charge in [0, 0.05) is 30.3 Å². The molecule has 0 radical (unpaired) electrons. The zero-order valence-electron chi connectivity index (χ0n) is 12.2. The Labute approximate surface area is 120 Å². The summed E-state index contributed by atoms with van der Waals surface area (Å²) >= 11 is 6.01. The van der Waals surface area contributed by atoms with E-state index in [1.807, 2.05) is 33.8 Å². The third-order valence-corrected chi connectivity index (χ3v) is 2.86. The van der Waals surface area contributed by atoms with Crippen LogP contribution >= 0.6 is 11.6 Å². The van der Waals surface area contributed by atoms with E-state index in [1.54, 1.807) is 18.0 Å². The summed E-state index contributed by atoms with van der Waals surface area (Å²) in [5.41, 5.74) is 2.17. The van der Waals surface area contributed by atoms with Crippen molar-refractivity contribution >= 4 is 17.5 Å². The van der Waals surface area contributed by atoms with Crippen molar-refractivity contribution in [3.05, 3.63) is 40.7 Å². The minimum atomic E-state index is -0.146. The number of aromatic nitrogens is 1. The Hall–Kier alpha value is -1.35. The summed E-state index contributed by atoms with van der Waals surface area (Å²) < 4.78 is 0. The van der Waals surface area contributed by atoms with E-state index in [9.17, 15) is 4.79 Å². The van der Waals surface area contributed by atoms with Gasteiger partial charge in [-0.25, -0.2) is 4.98 Å². The molecule has 0 spiro atoms. The summed E-state index contributed by atoms with van der Waals surface area (Å²) in [6, 6.07) is 3.41. The number of likely N-dealkylation sites (N-methyl/N-ethyl adjacent to an activating group) is 1. The Morgan fingerprint density at radius 3 is 2.47 bits per heavy atom. The second-order valence-electron chi connectivity index (χ2n) is 5.93.